The van der Waals surface area contributed by atoms with E-state index in [1.807, 2.05) is 28.0 Å². The molecular formula is C22H27N3O2. The van der Waals surface area contributed by atoms with E-state index in [-0.39, 0.29) is 17.9 Å². The molecule has 0 radical (unpaired) electrons. The number of amides is 2. The standard InChI is InChI=1S/C22H27N3O2/c26-20-11-5-2-6-13-24(20)15-12-21(27)25-17-16-23-14-7-10-19(23)22(25)18-8-3-1-4-9-18/h1,3-4,7-10,14,22H,2,5-6,11-13,15-17H2. The third-order valence-corrected chi connectivity index (χ3v) is 5.74. The third kappa shape index (κ3) is 3.77. The summed E-state index contributed by atoms with van der Waals surface area (Å²) in [4.78, 5) is 29.2. The topological polar surface area (TPSA) is 45.6 Å². The first kappa shape index (κ1) is 17.8. The van der Waals surface area contributed by atoms with Crippen molar-refractivity contribution in [3.63, 3.8) is 0 Å². The normalized spacial score (nSPS) is 20.3. The van der Waals surface area contributed by atoms with E-state index < -0.39 is 0 Å². The van der Waals surface area contributed by atoms with Gasteiger partial charge in [0.15, 0.2) is 0 Å². The van der Waals surface area contributed by atoms with Gasteiger partial charge in [0.25, 0.3) is 0 Å². The zero-order valence-corrected chi connectivity index (χ0v) is 15.7. The van der Waals surface area contributed by atoms with Gasteiger partial charge in [-0.05, 0) is 30.5 Å². The maximum absolute atomic E-state index is 13.1. The summed E-state index contributed by atoms with van der Waals surface area (Å²) in [5.74, 6) is 0.334. The Morgan fingerprint density at radius 3 is 2.67 bits per heavy atom. The van der Waals surface area contributed by atoms with E-state index in [0.29, 0.717) is 25.9 Å². The van der Waals surface area contributed by atoms with Crippen LogP contribution in [0.15, 0.2) is 48.7 Å². The Bertz CT molecular complexity index is 799. The van der Waals surface area contributed by atoms with Gasteiger partial charge in [-0.15, -0.1) is 0 Å². The van der Waals surface area contributed by atoms with Gasteiger partial charge >= 0.3 is 0 Å². The fourth-order valence-electron chi connectivity index (χ4n) is 4.29. The first-order chi connectivity index (χ1) is 13.2. The van der Waals surface area contributed by atoms with Crippen LogP contribution in [-0.4, -0.2) is 45.8 Å². The molecule has 0 saturated carbocycles. The Hall–Kier alpha value is -2.56. The van der Waals surface area contributed by atoms with Crippen molar-refractivity contribution < 1.29 is 9.59 Å². The molecule has 5 heteroatoms. The first-order valence-corrected chi connectivity index (χ1v) is 10.0. The highest BCUT2D eigenvalue weighted by atomic mass is 16.2. The van der Waals surface area contributed by atoms with E-state index in [1.165, 1.54) is 0 Å². The highest BCUT2D eigenvalue weighted by Crippen LogP contribution is 2.32. The molecule has 2 amide bonds. The monoisotopic (exact) mass is 365 g/mol. The smallest absolute Gasteiger partial charge is 0.225 e. The van der Waals surface area contributed by atoms with Gasteiger partial charge in [-0.3, -0.25) is 9.59 Å². The molecule has 1 aromatic carbocycles. The maximum Gasteiger partial charge on any atom is 0.225 e. The van der Waals surface area contributed by atoms with E-state index in [2.05, 4.69) is 35.0 Å². The average molecular weight is 365 g/mol. The Labute approximate surface area is 160 Å². The fourth-order valence-corrected chi connectivity index (χ4v) is 4.29. The number of carbonyl (C=O) groups is 2. The fraction of sp³-hybridized carbons (Fsp3) is 0.455. The molecule has 27 heavy (non-hydrogen) atoms. The lowest BCUT2D eigenvalue weighted by Gasteiger charge is -2.38. The molecule has 0 N–H and O–H groups in total. The minimum absolute atomic E-state index is 0.0534. The van der Waals surface area contributed by atoms with Crippen molar-refractivity contribution in [2.24, 2.45) is 0 Å². The van der Waals surface area contributed by atoms with Crippen LogP contribution in [0.3, 0.4) is 0 Å². The molecule has 1 atom stereocenters. The number of likely N-dealkylation sites (tertiary alicyclic amines) is 1. The molecule has 142 valence electrons. The molecule has 4 rings (SSSR count). The number of nitrogens with zero attached hydrogens (tertiary/aromatic N) is 3. The Morgan fingerprint density at radius 2 is 1.81 bits per heavy atom. The largest absolute Gasteiger partial charge is 0.348 e. The minimum atomic E-state index is -0.0534. The van der Waals surface area contributed by atoms with Crippen LogP contribution in [0.1, 0.15) is 49.4 Å². The van der Waals surface area contributed by atoms with Crippen LogP contribution >= 0.6 is 0 Å². The van der Waals surface area contributed by atoms with Crippen molar-refractivity contribution in [1.29, 1.82) is 0 Å². The van der Waals surface area contributed by atoms with E-state index in [4.69, 9.17) is 0 Å². The van der Waals surface area contributed by atoms with Gasteiger partial charge < -0.3 is 14.4 Å². The lowest BCUT2D eigenvalue weighted by molar-refractivity contribution is -0.136. The summed E-state index contributed by atoms with van der Waals surface area (Å²) >= 11 is 0. The number of hydrogen-bond acceptors (Lipinski definition) is 2. The Kier molecular flexibility index (Phi) is 5.28. The second-order valence-corrected chi connectivity index (χ2v) is 7.47. The quantitative estimate of drug-likeness (QED) is 0.835. The predicted molar refractivity (Wildman–Crippen MR) is 104 cm³/mol. The molecule has 2 aliphatic rings. The van der Waals surface area contributed by atoms with E-state index in [1.54, 1.807) is 0 Å². The van der Waals surface area contributed by atoms with Crippen LogP contribution in [-0.2, 0) is 16.1 Å². The summed E-state index contributed by atoms with van der Waals surface area (Å²) < 4.78 is 2.24. The van der Waals surface area contributed by atoms with Gasteiger partial charge in [-0.25, -0.2) is 0 Å². The van der Waals surface area contributed by atoms with Crippen molar-refractivity contribution in [2.45, 2.75) is 44.7 Å². The lowest BCUT2D eigenvalue weighted by Crippen LogP contribution is -2.44. The molecule has 0 bridgehead atoms. The Morgan fingerprint density at radius 1 is 0.963 bits per heavy atom. The number of hydrogen-bond donors (Lipinski definition) is 0. The summed E-state index contributed by atoms with van der Waals surface area (Å²) in [7, 11) is 0. The van der Waals surface area contributed by atoms with Crippen LogP contribution < -0.4 is 0 Å². The molecule has 1 aromatic heterocycles. The second kappa shape index (κ2) is 7.99. The zero-order valence-electron chi connectivity index (χ0n) is 15.7. The number of carbonyl (C=O) groups excluding carboxylic acids is 2. The van der Waals surface area contributed by atoms with Crippen LogP contribution in [0.4, 0.5) is 0 Å². The van der Waals surface area contributed by atoms with Crippen LogP contribution in [0.25, 0.3) is 0 Å². The molecule has 0 spiro atoms. The summed E-state index contributed by atoms with van der Waals surface area (Å²) in [6.07, 6.45) is 6.23. The first-order valence-electron chi connectivity index (χ1n) is 10.0. The molecule has 3 heterocycles. The summed E-state index contributed by atoms with van der Waals surface area (Å²) in [5.41, 5.74) is 2.29. The summed E-state index contributed by atoms with van der Waals surface area (Å²) in [5, 5.41) is 0. The zero-order chi connectivity index (χ0) is 18.6. The molecule has 1 saturated heterocycles. The lowest BCUT2D eigenvalue weighted by atomic mass is 9.99. The van der Waals surface area contributed by atoms with Crippen molar-refractivity contribution in [1.82, 2.24) is 14.4 Å². The van der Waals surface area contributed by atoms with Gasteiger partial charge in [0.05, 0.1) is 6.04 Å². The van der Waals surface area contributed by atoms with E-state index in [0.717, 1.165) is 43.6 Å². The molecule has 5 nitrogen and oxygen atoms in total. The highest BCUT2D eigenvalue weighted by Gasteiger charge is 2.32. The summed E-state index contributed by atoms with van der Waals surface area (Å²) in [6.45, 7) is 2.85. The van der Waals surface area contributed by atoms with Gasteiger partial charge in [-0.1, -0.05) is 36.8 Å². The van der Waals surface area contributed by atoms with Gasteiger partial charge in [-0.2, -0.15) is 0 Å². The van der Waals surface area contributed by atoms with Crippen molar-refractivity contribution in [3.8, 4) is 0 Å². The number of rotatable bonds is 4. The van der Waals surface area contributed by atoms with Crippen molar-refractivity contribution in [2.75, 3.05) is 19.6 Å². The molecule has 1 unspecified atom stereocenters. The highest BCUT2D eigenvalue weighted by molar-refractivity contribution is 5.80. The second-order valence-electron chi connectivity index (χ2n) is 7.47. The van der Waals surface area contributed by atoms with Crippen molar-refractivity contribution >= 4 is 11.8 Å². The average Bonchev–Trinajstić information content (AvgIpc) is 3.08. The molecule has 2 aromatic rings. The maximum atomic E-state index is 13.1. The van der Waals surface area contributed by atoms with Crippen LogP contribution in [0, 0.1) is 0 Å². The van der Waals surface area contributed by atoms with Gasteiger partial charge in [0.1, 0.15) is 0 Å². The predicted octanol–water partition coefficient (Wildman–Crippen LogP) is 3.21. The SMILES string of the molecule is O=C1CCCCCN1CCC(=O)N1CCn2cccc2C1c1ccccc1. The van der Waals surface area contributed by atoms with Crippen LogP contribution in [0.2, 0.25) is 0 Å². The number of benzene rings is 1. The third-order valence-electron chi connectivity index (χ3n) is 5.74. The van der Waals surface area contributed by atoms with Crippen LogP contribution in [0.5, 0.6) is 0 Å². The summed E-state index contributed by atoms with van der Waals surface area (Å²) in [6, 6.07) is 14.3. The van der Waals surface area contributed by atoms with Gasteiger partial charge in [0, 0.05) is 50.9 Å². The minimum Gasteiger partial charge on any atom is -0.348 e. The number of fused-ring (bicyclic) bond motifs is 1. The molecule has 0 aliphatic carbocycles. The van der Waals surface area contributed by atoms with E-state index >= 15 is 0 Å². The number of aromatic nitrogens is 1. The van der Waals surface area contributed by atoms with Gasteiger partial charge in [0.2, 0.25) is 11.8 Å². The van der Waals surface area contributed by atoms with E-state index in [9.17, 15) is 9.59 Å². The molecular weight excluding hydrogens is 338 g/mol. The molecule has 1 fully saturated rings. The van der Waals surface area contributed by atoms with Crippen molar-refractivity contribution in [3.05, 3.63) is 59.9 Å². The molecule has 2 aliphatic heterocycles. The Balaban J connectivity index is 1.51.